The maximum absolute atomic E-state index is 12.8. The normalized spacial score (nSPS) is 18.5. The number of nitrogens with zero attached hydrogens (tertiary/aromatic N) is 5. The fourth-order valence-corrected chi connectivity index (χ4v) is 5.74. The van der Waals surface area contributed by atoms with Crippen LogP contribution in [0.5, 0.6) is 17.5 Å². The summed E-state index contributed by atoms with van der Waals surface area (Å²) in [5.74, 6) is 1.37. The number of hydrogen-bond acceptors (Lipinski definition) is 8. The van der Waals surface area contributed by atoms with Crippen LogP contribution in [0.3, 0.4) is 0 Å². The number of piperazine rings is 1. The summed E-state index contributed by atoms with van der Waals surface area (Å²) in [6.45, 7) is 6.70. The second-order valence-electron chi connectivity index (χ2n) is 11.5. The highest BCUT2D eigenvalue weighted by atomic mass is 19.4. The van der Waals surface area contributed by atoms with Crippen LogP contribution < -0.4 is 19.1 Å². The smallest absolute Gasteiger partial charge is 0.416 e. The van der Waals surface area contributed by atoms with Crippen LogP contribution in [0.4, 0.5) is 18.9 Å². The van der Waals surface area contributed by atoms with E-state index in [0.29, 0.717) is 17.1 Å². The molecule has 1 fully saturated rings. The van der Waals surface area contributed by atoms with E-state index in [9.17, 15) is 23.3 Å². The molecule has 13 heteroatoms. The fraction of sp³-hybridized carbons (Fsp3) is 0.364. The minimum atomic E-state index is -4.35. The van der Waals surface area contributed by atoms with Crippen molar-refractivity contribution in [3.8, 4) is 17.5 Å². The lowest BCUT2D eigenvalue weighted by molar-refractivity contribution is -0.553. The zero-order valence-electron chi connectivity index (χ0n) is 25.2. The molecule has 4 aromatic rings. The first-order valence-corrected chi connectivity index (χ1v) is 15.0. The van der Waals surface area contributed by atoms with Crippen molar-refractivity contribution in [2.24, 2.45) is 0 Å². The molecule has 0 spiro atoms. The van der Waals surface area contributed by atoms with E-state index in [4.69, 9.17) is 14.2 Å². The molecule has 6 rings (SSSR count). The average molecular weight is 638 g/mol. The highest BCUT2D eigenvalue weighted by molar-refractivity contribution is 5.49. The number of ether oxygens (including phenoxy) is 3. The minimum absolute atomic E-state index is 0.181. The van der Waals surface area contributed by atoms with Crippen molar-refractivity contribution >= 4 is 5.69 Å². The van der Waals surface area contributed by atoms with Gasteiger partial charge in [-0.3, -0.25) is 15.0 Å². The number of fused-ring (bicyclic) bond motifs is 1. The second-order valence-corrected chi connectivity index (χ2v) is 11.5. The Balaban J connectivity index is 0.945. The second kappa shape index (κ2) is 13.3. The van der Waals surface area contributed by atoms with E-state index in [0.717, 1.165) is 56.1 Å². The topological polar surface area (TPSA) is 95.1 Å². The molecule has 0 bridgehead atoms. The van der Waals surface area contributed by atoms with Crippen LogP contribution in [0.25, 0.3) is 0 Å². The van der Waals surface area contributed by atoms with Crippen LogP contribution in [0, 0.1) is 17.0 Å². The molecule has 3 aromatic carbocycles. The number of benzene rings is 3. The Morgan fingerprint density at radius 3 is 2.37 bits per heavy atom. The first-order chi connectivity index (χ1) is 22.1. The monoisotopic (exact) mass is 637 g/mol. The van der Waals surface area contributed by atoms with Crippen LogP contribution in [-0.4, -0.2) is 58.3 Å². The number of aryl methyl sites for hydroxylation is 1. The van der Waals surface area contributed by atoms with Gasteiger partial charge < -0.3 is 19.1 Å². The molecule has 2 aliphatic rings. The third kappa shape index (κ3) is 7.36. The zero-order chi connectivity index (χ0) is 32.3. The van der Waals surface area contributed by atoms with Gasteiger partial charge in [0.15, 0.2) is 0 Å². The summed E-state index contributed by atoms with van der Waals surface area (Å²) in [6, 6.07) is 19.1. The number of nitro groups is 1. The average Bonchev–Trinajstić information content (AvgIpc) is 3.52. The number of imidazole rings is 1. The molecule has 10 nitrogen and oxygen atoms in total. The minimum Gasteiger partial charge on any atom is -0.490 e. The van der Waals surface area contributed by atoms with Crippen molar-refractivity contribution < 1.29 is 32.3 Å². The SMILES string of the molecule is Cc1cc(CN2CCN(c3ccc(OC[C@H]4CC([N+](=O)[O-])n5ccnc5O4)cc3)CC2)ccc1OCc1ccc(C(F)(F)F)cc1. The van der Waals surface area contributed by atoms with Crippen molar-refractivity contribution in [1.29, 1.82) is 0 Å². The van der Waals surface area contributed by atoms with Crippen molar-refractivity contribution in [3.63, 3.8) is 0 Å². The number of anilines is 1. The van der Waals surface area contributed by atoms with Crippen molar-refractivity contribution in [2.75, 3.05) is 37.7 Å². The predicted octanol–water partition coefficient (Wildman–Crippen LogP) is 6.12. The molecule has 2 aliphatic heterocycles. The molecule has 1 saturated heterocycles. The lowest BCUT2D eigenvalue weighted by atomic mass is 10.1. The summed E-state index contributed by atoms with van der Waals surface area (Å²) < 4.78 is 57.4. The number of hydrogen-bond donors (Lipinski definition) is 0. The molecule has 0 aliphatic carbocycles. The van der Waals surface area contributed by atoms with Crippen molar-refractivity contribution in [2.45, 2.75) is 44.9 Å². The summed E-state index contributed by atoms with van der Waals surface area (Å²) in [6.07, 6.45) is -2.52. The van der Waals surface area contributed by atoms with Crippen LogP contribution in [0.15, 0.2) is 79.1 Å². The number of halogens is 3. The third-order valence-corrected chi connectivity index (χ3v) is 8.27. The molecular weight excluding hydrogens is 603 g/mol. The Hall–Kier alpha value is -4.78. The molecule has 1 unspecified atom stereocenters. The molecule has 46 heavy (non-hydrogen) atoms. The van der Waals surface area contributed by atoms with Gasteiger partial charge in [0.1, 0.15) is 30.8 Å². The summed E-state index contributed by atoms with van der Waals surface area (Å²) >= 11 is 0. The maximum atomic E-state index is 12.8. The van der Waals surface area contributed by atoms with Gasteiger partial charge >= 0.3 is 12.2 Å². The first kappa shape index (κ1) is 31.2. The van der Waals surface area contributed by atoms with Gasteiger partial charge in [-0.1, -0.05) is 24.3 Å². The molecule has 1 aromatic heterocycles. The summed E-state index contributed by atoms with van der Waals surface area (Å²) in [5, 5.41) is 11.5. The van der Waals surface area contributed by atoms with Crippen LogP contribution in [0.1, 0.15) is 34.8 Å². The van der Waals surface area contributed by atoms with Crippen molar-refractivity contribution in [3.05, 3.63) is 111 Å². The van der Waals surface area contributed by atoms with E-state index in [-0.39, 0.29) is 30.6 Å². The molecule has 0 radical (unpaired) electrons. The Morgan fingerprint density at radius 2 is 1.70 bits per heavy atom. The fourth-order valence-electron chi connectivity index (χ4n) is 5.74. The highest BCUT2D eigenvalue weighted by Crippen LogP contribution is 2.31. The van der Waals surface area contributed by atoms with E-state index in [2.05, 4.69) is 20.9 Å². The van der Waals surface area contributed by atoms with E-state index in [1.165, 1.54) is 28.5 Å². The Kier molecular flexibility index (Phi) is 9.02. The van der Waals surface area contributed by atoms with E-state index in [1.807, 2.05) is 43.3 Å². The number of rotatable bonds is 10. The van der Waals surface area contributed by atoms with Gasteiger partial charge in [-0.25, -0.2) is 9.55 Å². The van der Waals surface area contributed by atoms with Gasteiger partial charge in [0, 0.05) is 55.7 Å². The van der Waals surface area contributed by atoms with Gasteiger partial charge in [0.05, 0.1) is 12.0 Å². The molecule has 0 amide bonds. The van der Waals surface area contributed by atoms with Crippen LogP contribution >= 0.6 is 0 Å². The van der Waals surface area contributed by atoms with E-state index >= 15 is 0 Å². The Morgan fingerprint density at radius 1 is 0.978 bits per heavy atom. The standard InChI is InChI=1S/C33H34F3N5O5/c1-23-18-25(4-11-30(23)45-21-24-2-5-26(6-3-24)33(34,35)36)20-38-14-16-39(17-15-38)27-7-9-28(10-8-27)44-22-29-19-31(41(42)43)40-13-12-37-32(40)46-29/h2-13,18,29,31H,14-17,19-22H2,1H3/t29-,31?/m1/s1. The first-order valence-electron chi connectivity index (χ1n) is 15.0. The molecule has 2 atom stereocenters. The van der Waals surface area contributed by atoms with Crippen LogP contribution in [0.2, 0.25) is 0 Å². The Bertz CT molecular complexity index is 1640. The largest absolute Gasteiger partial charge is 0.490 e. The molecule has 242 valence electrons. The predicted molar refractivity (Wildman–Crippen MR) is 164 cm³/mol. The quantitative estimate of drug-likeness (QED) is 0.152. The highest BCUT2D eigenvalue weighted by Gasteiger charge is 2.36. The third-order valence-electron chi connectivity index (χ3n) is 8.27. The van der Waals surface area contributed by atoms with Crippen LogP contribution in [-0.2, 0) is 19.3 Å². The number of alkyl halides is 3. The Labute approximate surface area is 264 Å². The van der Waals surface area contributed by atoms with E-state index in [1.54, 1.807) is 6.20 Å². The van der Waals surface area contributed by atoms with Gasteiger partial charge in [-0.05, 0) is 66.1 Å². The van der Waals surface area contributed by atoms with Gasteiger partial charge in [-0.2, -0.15) is 13.2 Å². The van der Waals surface area contributed by atoms with Gasteiger partial charge in [0.2, 0.25) is 0 Å². The lowest BCUT2D eigenvalue weighted by Gasteiger charge is -2.36. The molecule has 3 heterocycles. The lowest BCUT2D eigenvalue weighted by Crippen LogP contribution is -2.45. The molecular formula is C33H34F3N5O5. The summed E-state index contributed by atoms with van der Waals surface area (Å²) in [4.78, 5) is 19.9. The van der Waals surface area contributed by atoms with E-state index < -0.39 is 24.0 Å². The summed E-state index contributed by atoms with van der Waals surface area (Å²) in [7, 11) is 0. The number of aromatic nitrogens is 2. The molecule has 0 saturated carbocycles. The van der Waals surface area contributed by atoms with Gasteiger partial charge in [-0.15, -0.1) is 0 Å². The van der Waals surface area contributed by atoms with Gasteiger partial charge in [0.25, 0.3) is 6.17 Å². The zero-order valence-corrected chi connectivity index (χ0v) is 25.2. The summed E-state index contributed by atoms with van der Waals surface area (Å²) in [5.41, 5.74) is 3.25. The maximum Gasteiger partial charge on any atom is 0.416 e. The molecule has 0 N–H and O–H groups in total. The van der Waals surface area contributed by atoms with Crippen molar-refractivity contribution in [1.82, 2.24) is 14.5 Å².